The van der Waals surface area contributed by atoms with Gasteiger partial charge in [-0.2, -0.15) is 10.2 Å². The molecule has 4 heterocycles. The summed E-state index contributed by atoms with van der Waals surface area (Å²) in [6.45, 7) is 2.68. The first-order chi connectivity index (χ1) is 15.1. The zero-order valence-electron chi connectivity index (χ0n) is 17.3. The van der Waals surface area contributed by atoms with Crippen molar-refractivity contribution in [2.24, 2.45) is 5.92 Å². The average molecular weight is 423 g/mol. The van der Waals surface area contributed by atoms with Crippen molar-refractivity contribution in [2.75, 3.05) is 37.6 Å². The Labute approximate surface area is 180 Å². The number of hydrogen-bond donors (Lipinski definition) is 0. The summed E-state index contributed by atoms with van der Waals surface area (Å²) in [5, 5.41) is 9.45. The SMILES string of the molecule is N#Cc1nc(-c2ccco2)oc1N1CCN(C(=O)C2CC(=O)N(C3CCCC3)C2)CC1. The van der Waals surface area contributed by atoms with Crippen LogP contribution in [0.4, 0.5) is 5.88 Å². The van der Waals surface area contributed by atoms with Crippen LogP contribution >= 0.6 is 0 Å². The molecule has 31 heavy (non-hydrogen) atoms. The van der Waals surface area contributed by atoms with Crippen molar-refractivity contribution in [1.29, 1.82) is 5.26 Å². The molecule has 162 valence electrons. The number of amides is 2. The molecule has 3 fully saturated rings. The number of rotatable bonds is 4. The number of piperazine rings is 1. The van der Waals surface area contributed by atoms with Crippen molar-refractivity contribution < 1.29 is 18.4 Å². The third-order valence-electron chi connectivity index (χ3n) is 6.60. The molecule has 0 bridgehead atoms. The van der Waals surface area contributed by atoms with Gasteiger partial charge in [0, 0.05) is 45.2 Å². The summed E-state index contributed by atoms with van der Waals surface area (Å²) in [5.41, 5.74) is 0.208. The topological polar surface area (TPSA) is 107 Å². The minimum Gasteiger partial charge on any atom is -0.459 e. The maximum Gasteiger partial charge on any atom is 0.266 e. The fraction of sp³-hybridized carbons (Fsp3) is 0.545. The molecule has 1 unspecified atom stereocenters. The first-order valence-corrected chi connectivity index (χ1v) is 10.9. The number of carbonyl (C=O) groups is 2. The van der Waals surface area contributed by atoms with E-state index in [9.17, 15) is 14.9 Å². The van der Waals surface area contributed by atoms with Gasteiger partial charge < -0.3 is 23.5 Å². The van der Waals surface area contributed by atoms with Crippen molar-refractivity contribution in [2.45, 2.75) is 38.1 Å². The number of nitriles is 1. The quantitative estimate of drug-likeness (QED) is 0.742. The van der Waals surface area contributed by atoms with Gasteiger partial charge in [-0.3, -0.25) is 9.59 Å². The second kappa shape index (κ2) is 8.10. The number of hydrogen-bond acceptors (Lipinski definition) is 7. The van der Waals surface area contributed by atoms with E-state index in [-0.39, 0.29) is 29.3 Å². The van der Waals surface area contributed by atoms with E-state index in [2.05, 4.69) is 11.1 Å². The lowest BCUT2D eigenvalue weighted by Gasteiger charge is -2.35. The number of furan rings is 1. The first-order valence-electron chi connectivity index (χ1n) is 10.9. The summed E-state index contributed by atoms with van der Waals surface area (Å²) >= 11 is 0. The molecule has 2 aromatic rings. The van der Waals surface area contributed by atoms with Crippen molar-refractivity contribution in [3.05, 3.63) is 24.1 Å². The lowest BCUT2D eigenvalue weighted by atomic mass is 10.1. The molecule has 3 aliphatic rings. The predicted octanol–water partition coefficient (Wildman–Crippen LogP) is 2.25. The summed E-state index contributed by atoms with van der Waals surface area (Å²) < 4.78 is 11.1. The van der Waals surface area contributed by atoms with Crippen LogP contribution in [-0.2, 0) is 9.59 Å². The summed E-state index contributed by atoms with van der Waals surface area (Å²) in [6, 6.07) is 5.86. The molecule has 1 aliphatic carbocycles. The Hall–Kier alpha value is -3.28. The maximum atomic E-state index is 13.1. The van der Waals surface area contributed by atoms with Gasteiger partial charge in [-0.05, 0) is 25.0 Å². The zero-order valence-corrected chi connectivity index (χ0v) is 17.3. The van der Waals surface area contributed by atoms with Crippen LogP contribution < -0.4 is 4.90 Å². The molecule has 0 radical (unpaired) electrons. The molecule has 0 spiro atoms. The monoisotopic (exact) mass is 423 g/mol. The van der Waals surface area contributed by atoms with E-state index < -0.39 is 0 Å². The normalized spacial score (nSPS) is 22.4. The van der Waals surface area contributed by atoms with Gasteiger partial charge >= 0.3 is 0 Å². The Balaban J connectivity index is 1.21. The van der Waals surface area contributed by atoms with E-state index in [4.69, 9.17) is 8.83 Å². The third-order valence-corrected chi connectivity index (χ3v) is 6.60. The maximum absolute atomic E-state index is 13.1. The van der Waals surface area contributed by atoms with E-state index in [0.717, 1.165) is 12.8 Å². The number of anilines is 1. The molecule has 5 rings (SSSR count). The third kappa shape index (κ3) is 3.67. The Kier molecular flexibility index (Phi) is 5.14. The van der Waals surface area contributed by atoms with Gasteiger partial charge in [0.05, 0.1) is 12.2 Å². The van der Waals surface area contributed by atoms with Gasteiger partial charge in [-0.1, -0.05) is 12.8 Å². The Morgan fingerprint density at radius 1 is 1.19 bits per heavy atom. The van der Waals surface area contributed by atoms with Crippen LogP contribution in [0.5, 0.6) is 0 Å². The second-order valence-corrected chi connectivity index (χ2v) is 8.46. The Morgan fingerprint density at radius 2 is 1.97 bits per heavy atom. The molecule has 2 amide bonds. The van der Waals surface area contributed by atoms with Gasteiger partial charge in [0.2, 0.25) is 23.4 Å². The highest BCUT2D eigenvalue weighted by molar-refractivity contribution is 5.89. The number of oxazole rings is 1. The fourth-order valence-electron chi connectivity index (χ4n) is 4.96. The van der Waals surface area contributed by atoms with Crippen LogP contribution in [0.2, 0.25) is 0 Å². The van der Waals surface area contributed by atoms with Crippen LogP contribution in [0.1, 0.15) is 37.8 Å². The minimum absolute atomic E-state index is 0.0582. The van der Waals surface area contributed by atoms with Crippen molar-refractivity contribution >= 4 is 17.7 Å². The highest BCUT2D eigenvalue weighted by Gasteiger charge is 2.40. The highest BCUT2D eigenvalue weighted by Crippen LogP contribution is 2.32. The summed E-state index contributed by atoms with van der Waals surface area (Å²) in [6.07, 6.45) is 6.30. The average Bonchev–Trinajstić information content (AvgIpc) is 3.59. The van der Waals surface area contributed by atoms with Crippen LogP contribution in [0.15, 0.2) is 27.2 Å². The van der Waals surface area contributed by atoms with Crippen LogP contribution in [0, 0.1) is 17.2 Å². The zero-order chi connectivity index (χ0) is 21.4. The molecule has 2 aliphatic heterocycles. The van der Waals surface area contributed by atoms with Gasteiger partial charge in [0.1, 0.15) is 6.07 Å². The van der Waals surface area contributed by atoms with E-state index in [1.165, 1.54) is 19.1 Å². The predicted molar refractivity (Wildman–Crippen MR) is 110 cm³/mol. The molecule has 0 N–H and O–H groups in total. The van der Waals surface area contributed by atoms with Crippen LogP contribution in [-0.4, -0.2) is 65.4 Å². The number of carbonyl (C=O) groups excluding carboxylic acids is 2. The molecule has 0 aromatic carbocycles. The lowest BCUT2D eigenvalue weighted by Crippen LogP contribution is -2.51. The van der Waals surface area contributed by atoms with Crippen LogP contribution in [0.25, 0.3) is 11.7 Å². The summed E-state index contributed by atoms with van der Waals surface area (Å²) in [5.74, 6) is 1.08. The van der Waals surface area contributed by atoms with Gasteiger partial charge in [-0.25, -0.2) is 0 Å². The fourth-order valence-corrected chi connectivity index (χ4v) is 4.96. The molecule has 1 saturated carbocycles. The lowest BCUT2D eigenvalue weighted by molar-refractivity contribution is -0.136. The molecule has 2 aromatic heterocycles. The molecule has 9 heteroatoms. The molecule has 2 saturated heterocycles. The molecular formula is C22H25N5O4. The van der Waals surface area contributed by atoms with Crippen molar-refractivity contribution in [3.8, 4) is 17.7 Å². The van der Waals surface area contributed by atoms with E-state index >= 15 is 0 Å². The number of likely N-dealkylation sites (tertiary alicyclic amines) is 1. The standard InChI is InChI=1S/C22H25N5O4/c23-13-17-22(31-20(24-17)18-6-3-11-30-18)26-9-7-25(8-10-26)21(29)15-12-19(28)27(14-15)16-4-1-2-5-16/h3,6,11,15-16H,1-2,4-5,7-10,12,14H2. The molecule has 9 nitrogen and oxygen atoms in total. The Morgan fingerprint density at radius 3 is 2.65 bits per heavy atom. The van der Waals surface area contributed by atoms with Gasteiger partial charge in [-0.15, -0.1) is 0 Å². The Bertz CT molecular complexity index is 994. The minimum atomic E-state index is -0.245. The summed E-state index contributed by atoms with van der Waals surface area (Å²) in [7, 11) is 0. The molecule has 1 atom stereocenters. The first kappa shape index (κ1) is 19.7. The second-order valence-electron chi connectivity index (χ2n) is 8.46. The van der Waals surface area contributed by atoms with Crippen molar-refractivity contribution in [3.63, 3.8) is 0 Å². The number of aromatic nitrogens is 1. The summed E-state index contributed by atoms with van der Waals surface area (Å²) in [4.78, 5) is 35.5. The van der Waals surface area contributed by atoms with Crippen LogP contribution in [0.3, 0.4) is 0 Å². The number of nitrogens with zero attached hydrogens (tertiary/aromatic N) is 5. The highest BCUT2D eigenvalue weighted by atomic mass is 16.4. The van der Waals surface area contributed by atoms with Gasteiger partial charge in [0.25, 0.3) is 5.89 Å². The largest absolute Gasteiger partial charge is 0.459 e. The van der Waals surface area contributed by atoms with Gasteiger partial charge in [0.15, 0.2) is 5.76 Å². The van der Waals surface area contributed by atoms with Crippen molar-refractivity contribution in [1.82, 2.24) is 14.8 Å². The van der Waals surface area contributed by atoms with E-state index in [1.807, 2.05) is 14.7 Å². The van der Waals surface area contributed by atoms with E-state index in [0.29, 0.717) is 56.8 Å². The molecular weight excluding hydrogens is 398 g/mol. The smallest absolute Gasteiger partial charge is 0.266 e. The van der Waals surface area contributed by atoms with E-state index in [1.54, 1.807) is 12.1 Å².